The summed E-state index contributed by atoms with van der Waals surface area (Å²) >= 11 is 0. The van der Waals surface area contributed by atoms with Crippen LogP contribution in [0.3, 0.4) is 0 Å². The molecule has 9 heteroatoms. The van der Waals surface area contributed by atoms with Crippen LogP contribution in [0.4, 0.5) is 13.2 Å². The molecule has 0 saturated carbocycles. The van der Waals surface area contributed by atoms with Gasteiger partial charge in [0.1, 0.15) is 17.2 Å². The van der Waals surface area contributed by atoms with Crippen LogP contribution in [0.5, 0.6) is 11.5 Å². The van der Waals surface area contributed by atoms with Crippen LogP contribution in [-0.2, 0) is 0 Å². The Morgan fingerprint density at radius 3 is 2.49 bits per heavy atom. The average Bonchev–Trinajstić information content (AvgIpc) is 3.21. The Morgan fingerprint density at radius 1 is 1.09 bits per heavy atom. The molecule has 0 fully saturated rings. The van der Waals surface area contributed by atoms with Crippen molar-refractivity contribution >= 4 is 5.91 Å². The van der Waals surface area contributed by atoms with Crippen molar-refractivity contribution in [2.24, 2.45) is 11.7 Å². The zero-order valence-corrected chi connectivity index (χ0v) is 19.6. The van der Waals surface area contributed by atoms with E-state index >= 15 is 0 Å². The van der Waals surface area contributed by atoms with Gasteiger partial charge in [-0.25, -0.2) is 0 Å². The molecule has 0 bridgehead atoms. The molecule has 3 aromatic rings. The highest BCUT2D eigenvalue weighted by atomic mass is 19.4. The van der Waals surface area contributed by atoms with Crippen LogP contribution in [0, 0.1) is 5.92 Å². The Morgan fingerprint density at radius 2 is 1.83 bits per heavy atom. The first-order valence-electron chi connectivity index (χ1n) is 11.5. The summed E-state index contributed by atoms with van der Waals surface area (Å²) in [6, 6.07) is 14.9. The number of ether oxygens (including phenoxy) is 2. The predicted octanol–water partition coefficient (Wildman–Crippen LogP) is 5.39. The lowest BCUT2D eigenvalue weighted by Crippen LogP contribution is -2.39. The zero-order chi connectivity index (χ0) is 25.2. The summed E-state index contributed by atoms with van der Waals surface area (Å²) in [7, 11) is 0. The van der Waals surface area contributed by atoms with Crippen LogP contribution in [0.1, 0.15) is 36.8 Å². The van der Waals surface area contributed by atoms with Crippen molar-refractivity contribution in [3.63, 3.8) is 0 Å². The van der Waals surface area contributed by atoms with Crippen molar-refractivity contribution in [3.8, 4) is 33.9 Å². The van der Waals surface area contributed by atoms with Gasteiger partial charge in [0.25, 0.3) is 5.91 Å². The van der Waals surface area contributed by atoms with Gasteiger partial charge >= 0.3 is 6.36 Å². The number of amides is 1. The van der Waals surface area contributed by atoms with Crippen LogP contribution in [0.2, 0.25) is 0 Å². The van der Waals surface area contributed by atoms with Gasteiger partial charge in [0.2, 0.25) is 0 Å². The highest BCUT2D eigenvalue weighted by Crippen LogP contribution is 2.41. The number of carbonyl (C=O) groups is 1. The van der Waals surface area contributed by atoms with E-state index in [-0.39, 0.29) is 17.7 Å². The third-order valence-electron chi connectivity index (χ3n) is 5.72. The first-order chi connectivity index (χ1) is 16.7. The molecule has 3 N–H and O–H groups in total. The summed E-state index contributed by atoms with van der Waals surface area (Å²) in [5.74, 6) is 0.516. The highest BCUT2D eigenvalue weighted by molar-refractivity contribution is 5.98. The number of aromatic nitrogens is 1. The van der Waals surface area contributed by atoms with Crippen LogP contribution >= 0.6 is 0 Å². The minimum absolute atomic E-state index is 0.0945. The summed E-state index contributed by atoms with van der Waals surface area (Å²) in [5.41, 5.74) is 8.95. The minimum Gasteiger partial charge on any atom is -0.493 e. The third kappa shape index (κ3) is 5.62. The van der Waals surface area contributed by atoms with Gasteiger partial charge in [-0.1, -0.05) is 26.0 Å². The van der Waals surface area contributed by atoms with Crippen molar-refractivity contribution in [1.82, 2.24) is 9.88 Å². The number of rotatable bonds is 8. The van der Waals surface area contributed by atoms with Crippen molar-refractivity contribution in [1.29, 1.82) is 0 Å². The molecule has 1 amide bonds. The summed E-state index contributed by atoms with van der Waals surface area (Å²) in [6.45, 7) is 5.54. The molecule has 0 unspecified atom stereocenters. The van der Waals surface area contributed by atoms with E-state index in [1.807, 2.05) is 28.8 Å². The molecule has 2 aromatic carbocycles. The van der Waals surface area contributed by atoms with E-state index < -0.39 is 6.36 Å². The minimum atomic E-state index is -4.81. The number of benzene rings is 2. The molecule has 4 rings (SSSR count). The number of hydrogen-bond acceptors (Lipinski definition) is 4. The maximum atomic E-state index is 12.8. The standard InChI is InChI=1S/C26H28F3N3O3/c1-16(2)15-34-20-8-6-17(7-9-20)24-22(18-4-3-5-21(12-18)35-26(27,28)29)13-23-25(33)31-14-19(10-11-30)32(23)24/h3-9,12-13,16,19H,10-11,14-15,30H2,1-2H3,(H,31,33)/t19-/m0/s1. The molecule has 186 valence electrons. The lowest BCUT2D eigenvalue weighted by Gasteiger charge is -2.28. The largest absolute Gasteiger partial charge is 0.573 e. The molecule has 6 nitrogen and oxygen atoms in total. The number of nitrogens with one attached hydrogen (secondary N) is 1. The van der Waals surface area contributed by atoms with Crippen molar-refractivity contribution in [3.05, 3.63) is 60.3 Å². The number of carbonyl (C=O) groups excluding carboxylic acids is 1. The van der Waals surface area contributed by atoms with Crippen LogP contribution in [-0.4, -0.2) is 36.5 Å². The molecule has 1 aliphatic heterocycles. The Kier molecular flexibility index (Phi) is 7.07. The fourth-order valence-electron chi connectivity index (χ4n) is 4.24. The number of nitrogens with zero attached hydrogens (tertiary/aromatic N) is 1. The van der Waals surface area contributed by atoms with Gasteiger partial charge in [0.15, 0.2) is 0 Å². The first-order valence-corrected chi connectivity index (χ1v) is 11.5. The normalized spacial score (nSPS) is 15.6. The van der Waals surface area contributed by atoms with E-state index in [9.17, 15) is 18.0 Å². The average molecular weight is 488 g/mol. The molecule has 0 saturated heterocycles. The Balaban J connectivity index is 1.84. The number of nitrogens with two attached hydrogens (primary N) is 1. The Hall–Kier alpha value is -3.46. The monoisotopic (exact) mass is 487 g/mol. The van der Waals surface area contributed by atoms with Crippen LogP contribution < -0.4 is 20.5 Å². The Labute approximate surface area is 201 Å². The fraction of sp³-hybridized carbons (Fsp3) is 0.346. The lowest BCUT2D eigenvalue weighted by atomic mass is 10.0. The molecule has 1 atom stereocenters. The van der Waals surface area contributed by atoms with E-state index in [2.05, 4.69) is 23.9 Å². The maximum Gasteiger partial charge on any atom is 0.573 e. The molecule has 0 aliphatic carbocycles. The topological polar surface area (TPSA) is 78.5 Å². The number of hydrogen-bond donors (Lipinski definition) is 2. The quantitative estimate of drug-likeness (QED) is 0.447. The van der Waals surface area contributed by atoms with E-state index in [4.69, 9.17) is 10.5 Å². The van der Waals surface area contributed by atoms with Crippen LogP contribution in [0.15, 0.2) is 54.6 Å². The summed E-state index contributed by atoms with van der Waals surface area (Å²) in [6.07, 6.45) is -4.18. The number of halogens is 3. The smallest absolute Gasteiger partial charge is 0.493 e. The Bertz CT molecular complexity index is 1190. The third-order valence-corrected chi connectivity index (χ3v) is 5.72. The van der Waals surface area contributed by atoms with Crippen molar-refractivity contribution in [2.75, 3.05) is 19.7 Å². The molecule has 1 aromatic heterocycles. The predicted molar refractivity (Wildman–Crippen MR) is 127 cm³/mol. The number of fused-ring (bicyclic) bond motifs is 1. The first kappa shape index (κ1) is 24.7. The molecular formula is C26H28F3N3O3. The molecule has 35 heavy (non-hydrogen) atoms. The molecule has 0 spiro atoms. The summed E-state index contributed by atoms with van der Waals surface area (Å²) in [5, 5.41) is 2.89. The molecule has 0 radical (unpaired) electrons. The second kappa shape index (κ2) is 10.0. The fourth-order valence-corrected chi connectivity index (χ4v) is 4.24. The maximum absolute atomic E-state index is 12.8. The zero-order valence-electron chi connectivity index (χ0n) is 19.6. The lowest BCUT2D eigenvalue weighted by molar-refractivity contribution is -0.274. The van der Waals surface area contributed by atoms with Gasteiger partial charge in [0, 0.05) is 12.1 Å². The van der Waals surface area contributed by atoms with Gasteiger partial charge in [-0.15, -0.1) is 13.2 Å². The second-order valence-corrected chi connectivity index (χ2v) is 8.91. The SMILES string of the molecule is CC(C)COc1ccc(-c2c(-c3cccc(OC(F)(F)F)c3)cc3n2[C@@H](CCN)CNC3=O)cc1. The molecule has 2 heterocycles. The molecular weight excluding hydrogens is 459 g/mol. The number of alkyl halides is 3. The van der Waals surface area contributed by atoms with Gasteiger partial charge in [-0.05, 0) is 72.5 Å². The van der Waals surface area contributed by atoms with E-state index in [1.165, 1.54) is 18.2 Å². The second-order valence-electron chi connectivity index (χ2n) is 8.91. The van der Waals surface area contributed by atoms with Gasteiger partial charge in [-0.3, -0.25) is 4.79 Å². The van der Waals surface area contributed by atoms with Crippen LogP contribution in [0.25, 0.3) is 22.4 Å². The van der Waals surface area contributed by atoms with Crippen molar-refractivity contribution in [2.45, 2.75) is 32.7 Å². The van der Waals surface area contributed by atoms with E-state index in [0.717, 1.165) is 11.3 Å². The molecule has 1 aliphatic rings. The summed E-state index contributed by atoms with van der Waals surface area (Å²) < 4.78 is 50.4. The van der Waals surface area contributed by atoms with Gasteiger partial charge in [-0.2, -0.15) is 0 Å². The van der Waals surface area contributed by atoms with Gasteiger partial charge < -0.3 is 25.1 Å². The highest BCUT2D eigenvalue weighted by Gasteiger charge is 2.32. The van der Waals surface area contributed by atoms with E-state index in [1.54, 1.807) is 12.1 Å². The van der Waals surface area contributed by atoms with Gasteiger partial charge in [0.05, 0.1) is 18.3 Å². The van der Waals surface area contributed by atoms with E-state index in [0.29, 0.717) is 54.6 Å². The summed E-state index contributed by atoms with van der Waals surface area (Å²) in [4.78, 5) is 12.8. The van der Waals surface area contributed by atoms with Crippen molar-refractivity contribution < 1.29 is 27.4 Å².